The SMILES string of the molecule is Cc1cc2ncn(-c3ccc([C@@H](C)N)cc3)c2cc1C. The third-order valence-electron chi connectivity index (χ3n) is 3.86. The quantitative estimate of drug-likeness (QED) is 0.768. The Morgan fingerprint density at radius 3 is 2.35 bits per heavy atom. The number of benzene rings is 2. The van der Waals surface area contributed by atoms with Gasteiger partial charge >= 0.3 is 0 Å². The predicted octanol–water partition coefficient (Wildman–Crippen LogP) is 3.66. The van der Waals surface area contributed by atoms with Crippen LogP contribution in [0, 0.1) is 13.8 Å². The Morgan fingerprint density at radius 2 is 1.70 bits per heavy atom. The van der Waals surface area contributed by atoms with Gasteiger partial charge in [0.15, 0.2) is 0 Å². The van der Waals surface area contributed by atoms with E-state index in [1.165, 1.54) is 11.1 Å². The van der Waals surface area contributed by atoms with Gasteiger partial charge in [-0.3, -0.25) is 4.57 Å². The topological polar surface area (TPSA) is 43.8 Å². The van der Waals surface area contributed by atoms with Crippen molar-refractivity contribution in [2.45, 2.75) is 26.8 Å². The van der Waals surface area contributed by atoms with Crippen LogP contribution in [-0.2, 0) is 0 Å². The fourth-order valence-electron chi connectivity index (χ4n) is 2.41. The molecule has 0 bridgehead atoms. The smallest absolute Gasteiger partial charge is 0.100 e. The van der Waals surface area contributed by atoms with Crippen LogP contribution in [0.4, 0.5) is 0 Å². The number of nitrogens with zero attached hydrogens (tertiary/aromatic N) is 2. The molecule has 3 heteroatoms. The molecule has 0 fully saturated rings. The van der Waals surface area contributed by atoms with E-state index in [-0.39, 0.29) is 6.04 Å². The van der Waals surface area contributed by atoms with Crippen molar-refractivity contribution in [2.24, 2.45) is 5.73 Å². The maximum Gasteiger partial charge on any atom is 0.100 e. The molecule has 3 aromatic rings. The van der Waals surface area contributed by atoms with Crippen molar-refractivity contribution < 1.29 is 0 Å². The maximum absolute atomic E-state index is 5.89. The van der Waals surface area contributed by atoms with Crippen molar-refractivity contribution in [2.75, 3.05) is 0 Å². The van der Waals surface area contributed by atoms with E-state index < -0.39 is 0 Å². The first-order chi connectivity index (χ1) is 9.56. The minimum absolute atomic E-state index is 0.0634. The van der Waals surface area contributed by atoms with E-state index in [2.05, 4.69) is 59.8 Å². The summed E-state index contributed by atoms with van der Waals surface area (Å²) in [5.74, 6) is 0. The normalized spacial score (nSPS) is 12.8. The van der Waals surface area contributed by atoms with Crippen LogP contribution in [-0.4, -0.2) is 9.55 Å². The van der Waals surface area contributed by atoms with Crippen LogP contribution in [0.25, 0.3) is 16.7 Å². The summed E-state index contributed by atoms with van der Waals surface area (Å²) in [6, 6.07) is 12.7. The number of nitrogens with two attached hydrogens (primary N) is 1. The molecule has 102 valence electrons. The second-order valence-electron chi connectivity index (χ2n) is 5.42. The average Bonchev–Trinajstić information content (AvgIpc) is 2.82. The van der Waals surface area contributed by atoms with E-state index in [0.29, 0.717) is 0 Å². The van der Waals surface area contributed by atoms with Gasteiger partial charge in [0.25, 0.3) is 0 Å². The third-order valence-corrected chi connectivity index (χ3v) is 3.86. The molecule has 20 heavy (non-hydrogen) atoms. The van der Waals surface area contributed by atoms with Crippen LogP contribution in [0.5, 0.6) is 0 Å². The van der Waals surface area contributed by atoms with E-state index >= 15 is 0 Å². The van der Waals surface area contributed by atoms with Gasteiger partial charge in [0.05, 0.1) is 11.0 Å². The van der Waals surface area contributed by atoms with Gasteiger partial charge in [0.1, 0.15) is 6.33 Å². The molecule has 0 amide bonds. The minimum Gasteiger partial charge on any atom is -0.324 e. The second-order valence-corrected chi connectivity index (χ2v) is 5.42. The summed E-state index contributed by atoms with van der Waals surface area (Å²) in [7, 11) is 0. The van der Waals surface area contributed by atoms with Crippen molar-refractivity contribution in [3.8, 4) is 5.69 Å². The van der Waals surface area contributed by atoms with Gasteiger partial charge in [-0.05, 0) is 61.7 Å². The zero-order chi connectivity index (χ0) is 14.3. The van der Waals surface area contributed by atoms with Gasteiger partial charge < -0.3 is 5.73 Å². The molecule has 0 spiro atoms. The van der Waals surface area contributed by atoms with Crippen molar-refractivity contribution in [3.05, 3.63) is 59.4 Å². The summed E-state index contributed by atoms with van der Waals surface area (Å²) in [5.41, 5.74) is 12.9. The summed E-state index contributed by atoms with van der Waals surface area (Å²) >= 11 is 0. The van der Waals surface area contributed by atoms with Gasteiger partial charge in [0.2, 0.25) is 0 Å². The number of rotatable bonds is 2. The molecule has 2 aromatic carbocycles. The highest BCUT2D eigenvalue weighted by Crippen LogP contribution is 2.22. The number of imidazole rings is 1. The molecule has 2 N–H and O–H groups in total. The summed E-state index contributed by atoms with van der Waals surface area (Å²) in [6.07, 6.45) is 1.88. The molecule has 0 saturated heterocycles. The molecule has 1 heterocycles. The van der Waals surface area contributed by atoms with Crippen molar-refractivity contribution in [1.29, 1.82) is 0 Å². The van der Waals surface area contributed by atoms with E-state index in [0.717, 1.165) is 22.3 Å². The van der Waals surface area contributed by atoms with Crippen molar-refractivity contribution in [3.63, 3.8) is 0 Å². The zero-order valence-corrected chi connectivity index (χ0v) is 12.1. The molecule has 1 atom stereocenters. The lowest BCUT2D eigenvalue weighted by Crippen LogP contribution is -2.04. The monoisotopic (exact) mass is 265 g/mol. The largest absolute Gasteiger partial charge is 0.324 e. The molecule has 0 aliphatic rings. The fourth-order valence-corrected chi connectivity index (χ4v) is 2.41. The summed E-state index contributed by atoms with van der Waals surface area (Å²) in [6.45, 7) is 6.24. The Morgan fingerprint density at radius 1 is 1.05 bits per heavy atom. The van der Waals surface area contributed by atoms with Crippen LogP contribution in [0.3, 0.4) is 0 Å². The van der Waals surface area contributed by atoms with Crippen LogP contribution < -0.4 is 5.73 Å². The first kappa shape index (κ1) is 12.9. The Kier molecular flexibility index (Phi) is 3.07. The van der Waals surface area contributed by atoms with Crippen LogP contribution in [0.2, 0.25) is 0 Å². The van der Waals surface area contributed by atoms with Crippen LogP contribution in [0.15, 0.2) is 42.7 Å². The standard InChI is InChI=1S/C17H19N3/c1-11-8-16-17(9-12(11)2)20(10-19-16)15-6-4-14(5-7-15)13(3)18/h4-10,13H,18H2,1-3H3/t13-/m1/s1. The highest BCUT2D eigenvalue weighted by atomic mass is 15.0. The minimum atomic E-state index is 0.0634. The molecular formula is C17H19N3. The lowest BCUT2D eigenvalue weighted by atomic mass is 10.1. The third kappa shape index (κ3) is 2.10. The van der Waals surface area contributed by atoms with Gasteiger partial charge in [0, 0.05) is 11.7 Å². The highest BCUT2D eigenvalue weighted by Gasteiger charge is 2.07. The Labute approximate surface area is 119 Å². The van der Waals surface area contributed by atoms with E-state index in [1.807, 2.05) is 13.3 Å². The number of hydrogen-bond acceptors (Lipinski definition) is 2. The van der Waals surface area contributed by atoms with Crippen LogP contribution in [0.1, 0.15) is 29.7 Å². The van der Waals surface area contributed by atoms with Gasteiger partial charge in [-0.25, -0.2) is 4.98 Å². The van der Waals surface area contributed by atoms with E-state index in [9.17, 15) is 0 Å². The Bertz CT molecular complexity index is 752. The lowest BCUT2D eigenvalue weighted by Gasteiger charge is -2.09. The van der Waals surface area contributed by atoms with Gasteiger partial charge in [-0.1, -0.05) is 12.1 Å². The van der Waals surface area contributed by atoms with Crippen molar-refractivity contribution >= 4 is 11.0 Å². The predicted molar refractivity (Wildman–Crippen MR) is 83.1 cm³/mol. The van der Waals surface area contributed by atoms with E-state index in [4.69, 9.17) is 5.73 Å². The molecule has 0 saturated carbocycles. The molecule has 0 unspecified atom stereocenters. The van der Waals surface area contributed by atoms with Crippen LogP contribution >= 0.6 is 0 Å². The summed E-state index contributed by atoms with van der Waals surface area (Å²) in [4.78, 5) is 4.49. The molecule has 0 aliphatic carbocycles. The first-order valence-electron chi connectivity index (χ1n) is 6.86. The second kappa shape index (κ2) is 4.76. The number of aromatic nitrogens is 2. The fraction of sp³-hybridized carbons (Fsp3) is 0.235. The maximum atomic E-state index is 5.89. The van der Waals surface area contributed by atoms with Gasteiger partial charge in [-0.15, -0.1) is 0 Å². The molecular weight excluding hydrogens is 246 g/mol. The molecule has 3 nitrogen and oxygen atoms in total. The number of aryl methyl sites for hydroxylation is 2. The summed E-state index contributed by atoms with van der Waals surface area (Å²) in [5, 5.41) is 0. The summed E-state index contributed by atoms with van der Waals surface area (Å²) < 4.78 is 2.12. The van der Waals surface area contributed by atoms with Gasteiger partial charge in [-0.2, -0.15) is 0 Å². The molecule has 3 rings (SSSR count). The zero-order valence-electron chi connectivity index (χ0n) is 12.1. The van der Waals surface area contributed by atoms with E-state index in [1.54, 1.807) is 0 Å². The Balaban J connectivity index is 2.12. The highest BCUT2D eigenvalue weighted by molar-refractivity contribution is 5.79. The lowest BCUT2D eigenvalue weighted by molar-refractivity contribution is 0.817. The molecule has 1 aromatic heterocycles. The first-order valence-corrected chi connectivity index (χ1v) is 6.86. The molecule has 0 radical (unpaired) electrons. The average molecular weight is 265 g/mol. The van der Waals surface area contributed by atoms with Crippen molar-refractivity contribution in [1.82, 2.24) is 9.55 Å². The number of hydrogen-bond donors (Lipinski definition) is 1. The number of fused-ring (bicyclic) bond motifs is 1. The molecule has 0 aliphatic heterocycles. The Hall–Kier alpha value is -2.13.